The molecule has 0 fully saturated rings. The minimum Gasteiger partial charge on any atom is -0.299 e. The number of hydrogen-bond donors (Lipinski definition) is 0. The van der Waals surface area contributed by atoms with Crippen molar-refractivity contribution in [3.63, 3.8) is 0 Å². The summed E-state index contributed by atoms with van der Waals surface area (Å²) < 4.78 is 1.04. The van der Waals surface area contributed by atoms with Gasteiger partial charge in [-0.25, -0.2) is 0 Å². The molecule has 0 radical (unpaired) electrons. The van der Waals surface area contributed by atoms with Gasteiger partial charge in [0.25, 0.3) is 0 Å². The van der Waals surface area contributed by atoms with Gasteiger partial charge in [-0.2, -0.15) is 0 Å². The first-order valence-electron chi connectivity index (χ1n) is 5.60. The minimum absolute atomic E-state index is 0.0314. The summed E-state index contributed by atoms with van der Waals surface area (Å²) in [6.07, 6.45) is 1.11. The van der Waals surface area contributed by atoms with Crippen LogP contribution in [0.2, 0.25) is 8.67 Å². The van der Waals surface area contributed by atoms with Gasteiger partial charge in [0, 0.05) is 6.54 Å². The van der Waals surface area contributed by atoms with E-state index in [1.54, 1.807) is 6.07 Å². The van der Waals surface area contributed by atoms with Gasteiger partial charge in [0.15, 0.2) is 5.78 Å². The van der Waals surface area contributed by atoms with Crippen LogP contribution in [0.4, 0.5) is 0 Å². The van der Waals surface area contributed by atoms with Gasteiger partial charge < -0.3 is 0 Å². The first-order valence-corrected chi connectivity index (χ1v) is 7.17. The van der Waals surface area contributed by atoms with E-state index in [4.69, 9.17) is 23.2 Å². The molecule has 0 aliphatic rings. The van der Waals surface area contributed by atoms with Crippen LogP contribution in [0.25, 0.3) is 0 Å². The summed E-state index contributed by atoms with van der Waals surface area (Å²) in [4.78, 5) is 14.0. The quantitative estimate of drug-likeness (QED) is 0.732. The topological polar surface area (TPSA) is 20.3 Å². The number of Topliss-reactive ketones (excluding diaryl/α,β-unsaturated/α-hetero) is 1. The van der Waals surface area contributed by atoms with E-state index in [0.717, 1.165) is 13.0 Å². The van der Waals surface area contributed by atoms with Crippen LogP contribution in [0.1, 0.15) is 30.6 Å². The number of ketones is 1. The van der Waals surface area contributed by atoms with Crippen LogP contribution >= 0.6 is 34.5 Å². The summed E-state index contributed by atoms with van der Waals surface area (Å²) in [6, 6.07) is 1.65. The molecule has 0 bridgehead atoms. The highest BCUT2D eigenvalue weighted by Gasteiger charge is 2.16. The summed E-state index contributed by atoms with van der Waals surface area (Å²) in [7, 11) is 1.95. The van der Waals surface area contributed by atoms with E-state index in [1.807, 2.05) is 11.9 Å². The maximum Gasteiger partial charge on any atom is 0.179 e. The predicted molar refractivity (Wildman–Crippen MR) is 75.6 cm³/mol. The van der Waals surface area contributed by atoms with E-state index in [2.05, 4.69) is 13.8 Å². The molecular formula is C12H17Cl2NOS. The molecular weight excluding hydrogens is 277 g/mol. The van der Waals surface area contributed by atoms with E-state index < -0.39 is 0 Å². The number of halogens is 2. The zero-order chi connectivity index (χ0) is 13.0. The second-order valence-electron chi connectivity index (χ2n) is 4.37. The van der Waals surface area contributed by atoms with Gasteiger partial charge in [0.1, 0.15) is 4.34 Å². The molecule has 0 aliphatic carbocycles. The van der Waals surface area contributed by atoms with Gasteiger partial charge in [-0.15, -0.1) is 11.3 Å². The molecule has 2 nitrogen and oxygen atoms in total. The second-order valence-corrected chi connectivity index (χ2v) is 6.66. The number of nitrogens with zero attached hydrogens (tertiary/aromatic N) is 1. The van der Waals surface area contributed by atoms with Gasteiger partial charge >= 0.3 is 0 Å². The largest absolute Gasteiger partial charge is 0.299 e. The van der Waals surface area contributed by atoms with E-state index in [-0.39, 0.29) is 5.78 Å². The smallest absolute Gasteiger partial charge is 0.179 e. The zero-order valence-electron chi connectivity index (χ0n) is 10.3. The molecule has 0 spiro atoms. The predicted octanol–water partition coefficient (Wildman–Crippen LogP) is 4.22. The van der Waals surface area contributed by atoms with Crippen molar-refractivity contribution in [1.82, 2.24) is 4.90 Å². The van der Waals surface area contributed by atoms with Crippen molar-refractivity contribution in [3.05, 3.63) is 20.3 Å². The Kier molecular flexibility index (Phi) is 5.93. The van der Waals surface area contributed by atoms with Crippen molar-refractivity contribution in [2.24, 2.45) is 5.92 Å². The number of carbonyl (C=O) groups is 1. The van der Waals surface area contributed by atoms with Crippen LogP contribution < -0.4 is 0 Å². The molecule has 96 valence electrons. The fraction of sp³-hybridized carbons (Fsp3) is 0.583. The molecule has 0 amide bonds. The molecule has 0 saturated carbocycles. The Balaban J connectivity index is 2.57. The lowest BCUT2D eigenvalue weighted by molar-refractivity contribution is 0.0939. The Morgan fingerprint density at radius 3 is 2.65 bits per heavy atom. The molecule has 1 rings (SSSR count). The Morgan fingerprint density at radius 1 is 1.53 bits per heavy atom. The molecule has 0 N–H and O–H groups in total. The third-order valence-corrected chi connectivity index (χ3v) is 4.18. The van der Waals surface area contributed by atoms with Crippen molar-refractivity contribution in [1.29, 1.82) is 0 Å². The van der Waals surface area contributed by atoms with E-state index in [0.29, 0.717) is 26.7 Å². The van der Waals surface area contributed by atoms with Crippen molar-refractivity contribution >= 4 is 40.3 Å². The Labute approximate surface area is 117 Å². The lowest BCUT2D eigenvalue weighted by atomic mass is 10.1. The van der Waals surface area contributed by atoms with Crippen molar-refractivity contribution in [2.45, 2.75) is 20.3 Å². The Morgan fingerprint density at radius 2 is 2.18 bits per heavy atom. The molecule has 0 saturated heterocycles. The summed E-state index contributed by atoms with van der Waals surface area (Å²) in [5.41, 5.74) is 0.540. The molecule has 1 unspecified atom stereocenters. The monoisotopic (exact) mass is 293 g/mol. The summed E-state index contributed by atoms with van der Waals surface area (Å²) in [5, 5.41) is 0. The van der Waals surface area contributed by atoms with Crippen molar-refractivity contribution in [2.75, 3.05) is 20.1 Å². The molecule has 1 heterocycles. The maximum absolute atomic E-state index is 12.0. The first kappa shape index (κ1) is 15.0. The third kappa shape index (κ3) is 4.59. The van der Waals surface area contributed by atoms with Crippen LogP contribution in [0.15, 0.2) is 6.07 Å². The van der Waals surface area contributed by atoms with Gasteiger partial charge in [0.05, 0.1) is 16.4 Å². The van der Waals surface area contributed by atoms with Crippen LogP contribution in [0.3, 0.4) is 0 Å². The Hall–Kier alpha value is -0.0900. The number of hydrogen-bond acceptors (Lipinski definition) is 3. The lowest BCUT2D eigenvalue weighted by Gasteiger charge is -2.19. The van der Waals surface area contributed by atoms with E-state index in [1.165, 1.54) is 11.3 Å². The number of rotatable bonds is 6. The average Bonchev–Trinajstić information content (AvgIpc) is 2.57. The highest BCUT2D eigenvalue weighted by molar-refractivity contribution is 7.20. The molecule has 1 atom stereocenters. The standard InChI is InChI=1S/C12H17Cl2NOS/c1-4-8(2)6-15(3)7-10(16)9-5-11(13)17-12(9)14/h5,8H,4,6-7H2,1-3H3. The van der Waals surface area contributed by atoms with Crippen LogP contribution in [0.5, 0.6) is 0 Å². The zero-order valence-corrected chi connectivity index (χ0v) is 12.6. The van der Waals surface area contributed by atoms with Gasteiger partial charge in [0.2, 0.25) is 0 Å². The molecule has 1 aromatic heterocycles. The summed E-state index contributed by atoms with van der Waals surface area (Å²) >= 11 is 13.0. The SMILES string of the molecule is CCC(C)CN(C)CC(=O)c1cc(Cl)sc1Cl. The highest BCUT2D eigenvalue weighted by Crippen LogP contribution is 2.31. The van der Waals surface area contributed by atoms with Crippen LogP contribution in [0, 0.1) is 5.92 Å². The highest BCUT2D eigenvalue weighted by atomic mass is 35.5. The van der Waals surface area contributed by atoms with Crippen LogP contribution in [-0.4, -0.2) is 30.8 Å². The van der Waals surface area contributed by atoms with Gasteiger partial charge in [-0.3, -0.25) is 9.69 Å². The normalized spacial score (nSPS) is 13.1. The molecule has 1 aromatic rings. The summed E-state index contributed by atoms with van der Waals surface area (Å²) in [6.45, 7) is 5.63. The molecule has 5 heteroatoms. The van der Waals surface area contributed by atoms with Gasteiger partial charge in [-0.1, -0.05) is 43.5 Å². The minimum atomic E-state index is 0.0314. The lowest BCUT2D eigenvalue weighted by Crippen LogP contribution is -2.29. The van der Waals surface area contributed by atoms with Crippen molar-refractivity contribution in [3.8, 4) is 0 Å². The van der Waals surface area contributed by atoms with Crippen molar-refractivity contribution < 1.29 is 4.79 Å². The molecule has 0 aliphatic heterocycles. The van der Waals surface area contributed by atoms with E-state index in [9.17, 15) is 4.79 Å². The van der Waals surface area contributed by atoms with Crippen LogP contribution in [-0.2, 0) is 0 Å². The number of thiophene rings is 1. The Bertz CT molecular complexity index is 392. The fourth-order valence-corrected chi connectivity index (χ4v) is 3.09. The summed E-state index contributed by atoms with van der Waals surface area (Å²) in [5.74, 6) is 0.623. The maximum atomic E-state index is 12.0. The number of carbonyl (C=O) groups excluding carboxylic acids is 1. The average molecular weight is 294 g/mol. The second kappa shape index (κ2) is 6.74. The molecule has 17 heavy (non-hydrogen) atoms. The third-order valence-electron chi connectivity index (χ3n) is 2.69. The van der Waals surface area contributed by atoms with Gasteiger partial charge in [-0.05, 0) is 19.0 Å². The van der Waals surface area contributed by atoms with E-state index >= 15 is 0 Å². The first-order chi connectivity index (χ1) is 7.93. The number of likely N-dealkylation sites (N-methyl/N-ethyl adjacent to an activating group) is 1. The fourth-order valence-electron chi connectivity index (χ4n) is 1.59. The molecule has 0 aromatic carbocycles.